The van der Waals surface area contributed by atoms with E-state index in [0.29, 0.717) is 6.42 Å². The lowest BCUT2D eigenvalue weighted by atomic mass is 10.2. The summed E-state index contributed by atoms with van der Waals surface area (Å²) in [6.07, 6.45) is 4.92. The van der Waals surface area contributed by atoms with Crippen LogP contribution in [-0.4, -0.2) is 6.21 Å². The van der Waals surface area contributed by atoms with Crippen LogP contribution in [0.3, 0.4) is 0 Å². The Kier molecular flexibility index (Phi) is 6.41. The highest BCUT2D eigenvalue weighted by atomic mass is 19.2. The summed E-state index contributed by atoms with van der Waals surface area (Å²) in [5.41, 5.74) is -1.04. The number of oxime groups is 1. The summed E-state index contributed by atoms with van der Waals surface area (Å²) < 4.78 is 64.9. The largest absolute Gasteiger partial charge is 0.391 e. The monoisotopic (exact) mass is 295 g/mol. The van der Waals surface area contributed by atoms with Gasteiger partial charge in [0.2, 0.25) is 5.82 Å². The van der Waals surface area contributed by atoms with Gasteiger partial charge in [-0.05, 0) is 12.8 Å². The third-order valence-electron chi connectivity index (χ3n) is 2.60. The predicted molar refractivity (Wildman–Crippen MR) is 63.7 cm³/mol. The van der Waals surface area contributed by atoms with Gasteiger partial charge in [-0.3, -0.25) is 0 Å². The molecule has 0 bridgehead atoms. The summed E-state index contributed by atoms with van der Waals surface area (Å²) in [7, 11) is 0. The molecule has 0 aromatic heterocycles. The number of unbranched alkanes of at least 4 members (excludes halogenated alkanes) is 3. The summed E-state index contributed by atoms with van der Waals surface area (Å²) in [6.45, 7) is 1.20. The van der Waals surface area contributed by atoms with Gasteiger partial charge in [-0.1, -0.05) is 24.9 Å². The molecule has 1 aromatic rings. The standard InChI is InChI=1S/C13H14F5NO/c1-2-3-4-5-6-19-20-7-8-9(14)11(16)13(18)12(17)10(8)15/h6H,2-5,7H2,1H3. The van der Waals surface area contributed by atoms with E-state index >= 15 is 0 Å². The van der Waals surface area contributed by atoms with Crippen LogP contribution in [0.1, 0.15) is 38.2 Å². The molecule has 20 heavy (non-hydrogen) atoms. The fraction of sp³-hybridized carbons (Fsp3) is 0.462. The molecule has 2 nitrogen and oxygen atoms in total. The zero-order valence-electron chi connectivity index (χ0n) is 10.9. The first-order valence-corrected chi connectivity index (χ1v) is 6.14. The quantitative estimate of drug-likeness (QED) is 0.182. The summed E-state index contributed by atoms with van der Waals surface area (Å²) in [5, 5.41) is 3.41. The third-order valence-corrected chi connectivity index (χ3v) is 2.60. The molecule has 0 fully saturated rings. The molecule has 0 saturated heterocycles. The Morgan fingerprint density at radius 2 is 1.45 bits per heavy atom. The number of rotatable bonds is 7. The minimum Gasteiger partial charge on any atom is -0.391 e. The van der Waals surface area contributed by atoms with Crippen LogP contribution in [0.25, 0.3) is 0 Å². The first kappa shape index (κ1) is 16.4. The van der Waals surface area contributed by atoms with Gasteiger partial charge in [-0.15, -0.1) is 0 Å². The molecule has 0 aliphatic heterocycles. The summed E-state index contributed by atoms with van der Waals surface area (Å²) in [4.78, 5) is 4.55. The van der Waals surface area contributed by atoms with Crippen molar-refractivity contribution >= 4 is 6.21 Å². The average molecular weight is 295 g/mol. The van der Waals surface area contributed by atoms with Crippen molar-refractivity contribution in [2.45, 2.75) is 39.2 Å². The van der Waals surface area contributed by atoms with Crippen molar-refractivity contribution in [2.24, 2.45) is 5.16 Å². The van der Waals surface area contributed by atoms with Crippen LogP contribution >= 0.6 is 0 Å². The van der Waals surface area contributed by atoms with Crippen LogP contribution < -0.4 is 0 Å². The number of hydrogen-bond acceptors (Lipinski definition) is 2. The molecule has 0 unspecified atom stereocenters. The molecule has 7 heteroatoms. The van der Waals surface area contributed by atoms with Gasteiger partial charge in [0.1, 0.15) is 6.61 Å². The zero-order valence-corrected chi connectivity index (χ0v) is 10.9. The Bertz CT molecular complexity index is 461. The zero-order chi connectivity index (χ0) is 15.1. The maximum absolute atomic E-state index is 13.2. The molecule has 0 heterocycles. The van der Waals surface area contributed by atoms with Crippen molar-refractivity contribution in [3.63, 3.8) is 0 Å². The first-order valence-electron chi connectivity index (χ1n) is 6.14. The molecule has 0 aliphatic carbocycles. The maximum atomic E-state index is 13.2. The van der Waals surface area contributed by atoms with E-state index in [2.05, 4.69) is 9.99 Å². The Morgan fingerprint density at radius 3 is 2.00 bits per heavy atom. The van der Waals surface area contributed by atoms with Gasteiger partial charge >= 0.3 is 0 Å². The fourth-order valence-electron chi connectivity index (χ4n) is 1.47. The Hall–Kier alpha value is -1.66. The lowest BCUT2D eigenvalue weighted by Gasteiger charge is -2.06. The molecule has 0 spiro atoms. The van der Waals surface area contributed by atoms with E-state index in [4.69, 9.17) is 0 Å². The van der Waals surface area contributed by atoms with E-state index < -0.39 is 41.3 Å². The second kappa shape index (κ2) is 7.81. The lowest BCUT2D eigenvalue weighted by molar-refractivity contribution is 0.124. The van der Waals surface area contributed by atoms with Gasteiger partial charge in [-0.25, -0.2) is 22.0 Å². The van der Waals surface area contributed by atoms with Gasteiger partial charge in [0, 0.05) is 6.21 Å². The SMILES string of the molecule is CCCCCC=NOCc1c(F)c(F)c(F)c(F)c1F. The Morgan fingerprint density at radius 1 is 0.900 bits per heavy atom. The van der Waals surface area contributed by atoms with Gasteiger partial charge in [0.15, 0.2) is 23.3 Å². The van der Waals surface area contributed by atoms with Crippen molar-refractivity contribution in [1.29, 1.82) is 0 Å². The number of hydrogen-bond donors (Lipinski definition) is 0. The molecular weight excluding hydrogens is 281 g/mol. The van der Waals surface area contributed by atoms with E-state index in [1.807, 2.05) is 6.92 Å². The summed E-state index contributed by atoms with van der Waals surface area (Å²) in [5.74, 6) is -9.97. The molecule has 0 radical (unpaired) electrons. The minimum atomic E-state index is -2.19. The fourth-order valence-corrected chi connectivity index (χ4v) is 1.47. The third kappa shape index (κ3) is 3.91. The van der Waals surface area contributed by atoms with E-state index in [9.17, 15) is 22.0 Å². The highest BCUT2D eigenvalue weighted by Crippen LogP contribution is 2.23. The predicted octanol–water partition coefficient (Wildman–Crippen LogP) is 4.46. The van der Waals surface area contributed by atoms with Gasteiger partial charge in [-0.2, -0.15) is 0 Å². The molecule has 0 atom stereocenters. The average Bonchev–Trinajstić information content (AvgIpc) is 2.45. The van der Waals surface area contributed by atoms with Crippen molar-refractivity contribution in [1.82, 2.24) is 0 Å². The van der Waals surface area contributed by atoms with Gasteiger partial charge < -0.3 is 4.84 Å². The molecule has 0 N–H and O–H groups in total. The first-order chi connectivity index (χ1) is 9.50. The van der Waals surface area contributed by atoms with Crippen LogP contribution in [0, 0.1) is 29.1 Å². The Balaban J connectivity index is 2.65. The van der Waals surface area contributed by atoms with E-state index in [-0.39, 0.29) is 0 Å². The molecular formula is C13H14F5NO. The molecule has 0 amide bonds. The van der Waals surface area contributed by atoms with Crippen LogP contribution in [0.5, 0.6) is 0 Å². The number of nitrogens with zero attached hydrogens (tertiary/aromatic N) is 1. The highest BCUT2D eigenvalue weighted by molar-refractivity contribution is 5.56. The van der Waals surface area contributed by atoms with Crippen LogP contribution in [0.15, 0.2) is 5.16 Å². The maximum Gasteiger partial charge on any atom is 0.200 e. The van der Waals surface area contributed by atoms with Crippen molar-refractivity contribution in [3.05, 3.63) is 34.6 Å². The van der Waals surface area contributed by atoms with Crippen molar-refractivity contribution in [3.8, 4) is 0 Å². The van der Waals surface area contributed by atoms with Crippen molar-refractivity contribution in [2.75, 3.05) is 0 Å². The van der Waals surface area contributed by atoms with Crippen LogP contribution in [-0.2, 0) is 11.4 Å². The van der Waals surface area contributed by atoms with Gasteiger partial charge in [0.25, 0.3) is 0 Å². The normalized spacial score (nSPS) is 11.3. The minimum absolute atomic E-state index is 0.616. The Labute approximate surface area is 113 Å². The summed E-state index contributed by atoms with van der Waals surface area (Å²) in [6, 6.07) is 0. The van der Waals surface area contributed by atoms with E-state index in [1.165, 1.54) is 6.21 Å². The summed E-state index contributed by atoms with van der Waals surface area (Å²) >= 11 is 0. The molecule has 1 rings (SSSR count). The number of halogens is 5. The molecule has 1 aromatic carbocycles. The van der Waals surface area contributed by atoms with Gasteiger partial charge in [0.05, 0.1) is 5.56 Å². The van der Waals surface area contributed by atoms with Crippen LogP contribution in [0.4, 0.5) is 22.0 Å². The molecule has 0 aliphatic rings. The smallest absolute Gasteiger partial charge is 0.200 e. The van der Waals surface area contributed by atoms with E-state index in [1.54, 1.807) is 0 Å². The van der Waals surface area contributed by atoms with Crippen LogP contribution in [0.2, 0.25) is 0 Å². The topological polar surface area (TPSA) is 21.6 Å². The van der Waals surface area contributed by atoms with E-state index in [0.717, 1.165) is 19.3 Å². The van der Waals surface area contributed by atoms with Crippen molar-refractivity contribution < 1.29 is 26.8 Å². The highest BCUT2D eigenvalue weighted by Gasteiger charge is 2.25. The molecule has 112 valence electrons. The molecule has 0 saturated carbocycles. The second-order valence-corrected chi connectivity index (χ2v) is 4.11. The second-order valence-electron chi connectivity index (χ2n) is 4.11. The lowest BCUT2D eigenvalue weighted by Crippen LogP contribution is -2.07. The number of benzene rings is 1.